The van der Waals surface area contributed by atoms with Gasteiger partial charge in [-0.3, -0.25) is 4.79 Å². The first-order chi connectivity index (χ1) is 9.97. The molecule has 0 saturated carbocycles. The van der Waals surface area contributed by atoms with Gasteiger partial charge in [-0.2, -0.15) is 13.2 Å². The van der Waals surface area contributed by atoms with Crippen LogP contribution in [0.1, 0.15) is 31.9 Å². The fourth-order valence-electron chi connectivity index (χ4n) is 2.26. The molecule has 0 bridgehead atoms. The molecule has 0 radical (unpaired) electrons. The van der Waals surface area contributed by atoms with Crippen molar-refractivity contribution in [2.45, 2.75) is 18.7 Å². The third-order valence-electron chi connectivity index (χ3n) is 3.22. The number of fused-ring (bicyclic) bond motifs is 1. The Kier molecular flexibility index (Phi) is 3.54. The fourth-order valence-corrected chi connectivity index (χ4v) is 3.00. The molecule has 0 aliphatic carbocycles. The predicted molar refractivity (Wildman–Crippen MR) is 70.3 cm³/mol. The molecule has 1 aromatic carbocycles. The molecule has 0 amide bonds. The minimum absolute atomic E-state index is 0.0379. The number of hydrogen-bond acceptors (Lipinski definition) is 4. The van der Waals surface area contributed by atoms with Crippen molar-refractivity contribution in [1.29, 1.82) is 0 Å². The number of rotatable bonds is 2. The zero-order valence-electron chi connectivity index (χ0n) is 10.7. The van der Waals surface area contributed by atoms with Gasteiger partial charge in [0.15, 0.2) is 5.01 Å². The number of carbonyl (C=O) groups is 1. The van der Waals surface area contributed by atoms with Gasteiger partial charge < -0.3 is 4.74 Å². The maximum Gasteiger partial charge on any atom is 0.443 e. The van der Waals surface area contributed by atoms with Crippen molar-refractivity contribution in [3.05, 3.63) is 51.5 Å². The molecule has 2 aromatic rings. The second-order valence-corrected chi connectivity index (χ2v) is 5.62. The van der Waals surface area contributed by atoms with Gasteiger partial charge in [0, 0.05) is 6.20 Å². The van der Waals surface area contributed by atoms with Crippen LogP contribution in [0.3, 0.4) is 0 Å². The Morgan fingerprint density at radius 3 is 2.81 bits per heavy atom. The summed E-state index contributed by atoms with van der Waals surface area (Å²) in [6, 6.07) is 7.30. The zero-order chi connectivity index (χ0) is 15.0. The molecule has 1 aliphatic heterocycles. The van der Waals surface area contributed by atoms with E-state index in [1.165, 1.54) is 0 Å². The number of alkyl halides is 3. The lowest BCUT2D eigenvalue weighted by Crippen LogP contribution is -2.23. The van der Waals surface area contributed by atoms with Gasteiger partial charge in [-0.15, -0.1) is 11.3 Å². The summed E-state index contributed by atoms with van der Waals surface area (Å²) in [4.78, 5) is 15.6. The normalized spacial score (nSPS) is 18.3. The van der Waals surface area contributed by atoms with Gasteiger partial charge >= 0.3 is 6.18 Å². The van der Waals surface area contributed by atoms with E-state index in [0.29, 0.717) is 24.4 Å². The Hall–Kier alpha value is -1.73. The monoisotopic (exact) mass is 313 g/mol. The van der Waals surface area contributed by atoms with Crippen LogP contribution in [0, 0.1) is 0 Å². The highest BCUT2D eigenvalue weighted by atomic mass is 32.1. The van der Waals surface area contributed by atoms with Crippen molar-refractivity contribution in [1.82, 2.24) is 4.98 Å². The summed E-state index contributed by atoms with van der Waals surface area (Å²) in [5.74, 6) is -0.477. The molecular formula is C14H10F3NO2S. The van der Waals surface area contributed by atoms with Crippen LogP contribution in [-0.2, 0) is 17.3 Å². The number of nitrogens with zero attached hydrogens (tertiary/aromatic N) is 1. The number of thiazole rings is 1. The van der Waals surface area contributed by atoms with Gasteiger partial charge in [0.1, 0.15) is 6.10 Å². The summed E-state index contributed by atoms with van der Waals surface area (Å²) in [5, 5.41) is -1.02. The molecule has 1 aliphatic rings. The summed E-state index contributed by atoms with van der Waals surface area (Å²) >= 11 is 0.351. The Labute approximate surface area is 122 Å². The van der Waals surface area contributed by atoms with Gasteiger partial charge in [0.05, 0.1) is 11.5 Å². The first kappa shape index (κ1) is 14.2. The lowest BCUT2D eigenvalue weighted by molar-refractivity contribution is -0.137. The Morgan fingerprint density at radius 2 is 2.10 bits per heavy atom. The number of aromatic nitrogens is 1. The number of carbonyl (C=O) groups excluding carboxylic acids is 1. The minimum atomic E-state index is -4.53. The topological polar surface area (TPSA) is 39.2 Å². The molecule has 1 unspecified atom stereocenters. The van der Waals surface area contributed by atoms with E-state index in [1.54, 1.807) is 12.1 Å². The zero-order valence-corrected chi connectivity index (χ0v) is 11.5. The molecule has 110 valence electrons. The van der Waals surface area contributed by atoms with E-state index >= 15 is 0 Å². The van der Waals surface area contributed by atoms with Crippen LogP contribution in [0.2, 0.25) is 0 Å². The molecule has 3 rings (SSSR count). The third-order valence-corrected chi connectivity index (χ3v) is 4.28. The van der Waals surface area contributed by atoms with Gasteiger partial charge in [0.25, 0.3) is 0 Å². The van der Waals surface area contributed by atoms with Crippen molar-refractivity contribution >= 4 is 17.1 Å². The summed E-state index contributed by atoms with van der Waals surface area (Å²) in [6.07, 6.45) is -3.72. The largest absolute Gasteiger partial charge is 0.443 e. The average molecular weight is 313 g/mol. The van der Waals surface area contributed by atoms with Gasteiger partial charge in [-0.1, -0.05) is 24.3 Å². The number of ketones is 1. The molecule has 1 aromatic heterocycles. The van der Waals surface area contributed by atoms with Crippen LogP contribution < -0.4 is 0 Å². The standard InChI is InChI=1S/C14H10F3NO2S/c15-14(16,17)13-18-7-10(21-13)11(19)12-9-4-2-1-3-8(9)5-6-20-12/h1-4,7,12H,5-6H2. The van der Waals surface area contributed by atoms with Crippen LogP contribution in [0.4, 0.5) is 13.2 Å². The van der Waals surface area contributed by atoms with Gasteiger partial charge in [-0.05, 0) is 17.5 Å². The first-order valence-corrected chi connectivity index (χ1v) is 7.05. The minimum Gasteiger partial charge on any atom is -0.365 e. The highest BCUT2D eigenvalue weighted by Crippen LogP contribution is 2.35. The number of Topliss-reactive ketones (excluding diaryl/α,β-unsaturated/α-hetero) is 1. The maximum absolute atomic E-state index is 12.6. The fraction of sp³-hybridized carbons (Fsp3) is 0.286. The summed E-state index contributed by atoms with van der Waals surface area (Å²) in [6.45, 7) is 0.373. The van der Waals surface area contributed by atoms with Gasteiger partial charge in [0.2, 0.25) is 5.78 Å². The van der Waals surface area contributed by atoms with E-state index in [0.717, 1.165) is 17.3 Å². The lowest BCUT2D eigenvalue weighted by atomic mass is 9.95. The molecule has 0 saturated heterocycles. The smallest absolute Gasteiger partial charge is 0.365 e. The number of ether oxygens (including phenoxy) is 1. The van der Waals surface area contributed by atoms with Crippen molar-refractivity contribution in [3.8, 4) is 0 Å². The van der Waals surface area contributed by atoms with Crippen LogP contribution >= 0.6 is 11.3 Å². The third kappa shape index (κ3) is 2.71. The molecule has 21 heavy (non-hydrogen) atoms. The van der Waals surface area contributed by atoms with Gasteiger partial charge in [-0.25, -0.2) is 4.98 Å². The van der Waals surface area contributed by atoms with E-state index in [9.17, 15) is 18.0 Å². The van der Waals surface area contributed by atoms with E-state index < -0.39 is 23.1 Å². The van der Waals surface area contributed by atoms with E-state index in [2.05, 4.69) is 4.98 Å². The van der Waals surface area contributed by atoms with Crippen LogP contribution in [0.15, 0.2) is 30.5 Å². The van der Waals surface area contributed by atoms with E-state index in [1.807, 2.05) is 12.1 Å². The highest BCUT2D eigenvalue weighted by Gasteiger charge is 2.37. The quantitative estimate of drug-likeness (QED) is 0.794. The Balaban J connectivity index is 1.92. The molecular weight excluding hydrogens is 303 g/mol. The second kappa shape index (κ2) is 5.23. The van der Waals surface area contributed by atoms with Crippen LogP contribution in [-0.4, -0.2) is 17.4 Å². The van der Waals surface area contributed by atoms with Crippen molar-refractivity contribution in [2.75, 3.05) is 6.61 Å². The SMILES string of the molecule is O=C(c1cnc(C(F)(F)F)s1)C1OCCc2ccccc21. The van der Waals surface area contributed by atoms with Crippen molar-refractivity contribution < 1.29 is 22.7 Å². The molecule has 0 N–H and O–H groups in total. The molecule has 0 fully saturated rings. The van der Waals surface area contributed by atoms with Crippen molar-refractivity contribution in [2.24, 2.45) is 0 Å². The molecule has 1 atom stereocenters. The number of benzene rings is 1. The second-order valence-electron chi connectivity index (χ2n) is 4.59. The molecule has 0 spiro atoms. The highest BCUT2D eigenvalue weighted by molar-refractivity contribution is 7.13. The Bertz CT molecular complexity index is 681. The predicted octanol–water partition coefficient (Wildman–Crippen LogP) is 3.66. The summed E-state index contributed by atoms with van der Waals surface area (Å²) in [5.41, 5.74) is 1.71. The lowest BCUT2D eigenvalue weighted by Gasteiger charge is -2.24. The van der Waals surface area contributed by atoms with E-state index in [-0.39, 0.29) is 4.88 Å². The summed E-state index contributed by atoms with van der Waals surface area (Å²) < 4.78 is 43.1. The van der Waals surface area contributed by atoms with E-state index in [4.69, 9.17) is 4.74 Å². The number of halogens is 3. The van der Waals surface area contributed by atoms with Crippen LogP contribution in [0.25, 0.3) is 0 Å². The van der Waals surface area contributed by atoms with Crippen LogP contribution in [0.5, 0.6) is 0 Å². The maximum atomic E-state index is 12.6. The summed E-state index contributed by atoms with van der Waals surface area (Å²) in [7, 11) is 0. The first-order valence-electron chi connectivity index (χ1n) is 6.23. The molecule has 2 heterocycles. The Morgan fingerprint density at radius 1 is 1.33 bits per heavy atom. The van der Waals surface area contributed by atoms with Crippen molar-refractivity contribution in [3.63, 3.8) is 0 Å². The number of hydrogen-bond donors (Lipinski definition) is 0. The molecule has 7 heteroatoms. The molecule has 3 nitrogen and oxygen atoms in total. The average Bonchev–Trinajstić information content (AvgIpc) is 2.96.